The van der Waals surface area contributed by atoms with E-state index in [1.165, 1.54) is 0 Å². The molecule has 1 atom stereocenters. The third kappa shape index (κ3) is 3.08. The van der Waals surface area contributed by atoms with Crippen LogP contribution in [0.4, 0.5) is 0 Å². The topological polar surface area (TPSA) is 64.6 Å². The smallest absolute Gasteiger partial charge is 0.240 e. The lowest BCUT2D eigenvalue weighted by atomic mass is 10.0. The summed E-state index contributed by atoms with van der Waals surface area (Å²) in [6.45, 7) is 0.311. The Bertz CT molecular complexity index is 759. The lowest BCUT2D eigenvalue weighted by molar-refractivity contribution is 0.253. The van der Waals surface area contributed by atoms with Gasteiger partial charge in [0.2, 0.25) is 10.0 Å². The Morgan fingerprint density at radius 1 is 1.18 bits per heavy atom. The molecule has 0 unspecified atom stereocenters. The zero-order valence-electron chi connectivity index (χ0n) is 12.2. The highest BCUT2D eigenvalue weighted by Crippen LogP contribution is 2.29. The molecule has 1 heterocycles. The minimum atomic E-state index is -3.54. The van der Waals surface area contributed by atoms with Gasteiger partial charge in [-0.15, -0.1) is 0 Å². The van der Waals surface area contributed by atoms with Crippen molar-refractivity contribution in [2.24, 2.45) is 0 Å². The molecular weight excluding hydrogens is 302 g/mol. The third-order valence-electron chi connectivity index (χ3n) is 3.55. The van der Waals surface area contributed by atoms with Gasteiger partial charge >= 0.3 is 0 Å². The first-order chi connectivity index (χ1) is 10.6. The van der Waals surface area contributed by atoms with E-state index in [0.717, 1.165) is 17.1 Å². The summed E-state index contributed by atoms with van der Waals surface area (Å²) in [5.74, 6) is 1.50. The molecule has 2 aromatic carbocycles. The highest BCUT2D eigenvalue weighted by Gasteiger charge is 2.25. The van der Waals surface area contributed by atoms with Gasteiger partial charge in [-0.3, -0.25) is 0 Å². The van der Waals surface area contributed by atoms with Crippen molar-refractivity contribution < 1.29 is 17.9 Å². The number of nitrogens with one attached hydrogen (secondary N) is 1. The summed E-state index contributed by atoms with van der Waals surface area (Å²) in [6.07, 6.45) is 0.568. The van der Waals surface area contributed by atoms with Gasteiger partial charge in [-0.1, -0.05) is 18.2 Å². The molecule has 5 nitrogen and oxygen atoms in total. The van der Waals surface area contributed by atoms with Crippen molar-refractivity contribution in [3.8, 4) is 11.5 Å². The molecule has 0 fully saturated rings. The molecule has 6 heteroatoms. The minimum Gasteiger partial charge on any atom is -0.497 e. The van der Waals surface area contributed by atoms with Crippen LogP contribution in [0.5, 0.6) is 11.5 Å². The number of hydrogen-bond donors (Lipinski definition) is 1. The number of sulfonamides is 1. The van der Waals surface area contributed by atoms with Gasteiger partial charge in [0, 0.05) is 0 Å². The van der Waals surface area contributed by atoms with Crippen molar-refractivity contribution in [3.63, 3.8) is 0 Å². The van der Waals surface area contributed by atoms with Crippen LogP contribution in [0.25, 0.3) is 0 Å². The first-order valence-corrected chi connectivity index (χ1v) is 8.44. The van der Waals surface area contributed by atoms with Gasteiger partial charge in [-0.2, -0.15) is 0 Å². The van der Waals surface area contributed by atoms with E-state index in [-0.39, 0.29) is 10.9 Å². The first-order valence-electron chi connectivity index (χ1n) is 6.95. The van der Waals surface area contributed by atoms with Crippen LogP contribution in [0.2, 0.25) is 0 Å². The molecule has 0 aromatic heterocycles. The van der Waals surface area contributed by atoms with Crippen molar-refractivity contribution >= 4 is 10.0 Å². The monoisotopic (exact) mass is 319 g/mol. The fraction of sp³-hybridized carbons (Fsp3) is 0.250. The summed E-state index contributed by atoms with van der Waals surface area (Å²) in [7, 11) is -1.94. The fourth-order valence-corrected chi connectivity index (χ4v) is 3.70. The molecule has 0 aliphatic carbocycles. The van der Waals surface area contributed by atoms with Crippen molar-refractivity contribution in [3.05, 3.63) is 54.1 Å². The highest BCUT2D eigenvalue weighted by molar-refractivity contribution is 7.89. The molecule has 0 bridgehead atoms. The normalized spacial score (nSPS) is 17.4. The quantitative estimate of drug-likeness (QED) is 0.936. The summed E-state index contributed by atoms with van der Waals surface area (Å²) in [5.41, 5.74) is 0.936. The van der Waals surface area contributed by atoms with Crippen molar-refractivity contribution in [1.82, 2.24) is 4.72 Å². The Morgan fingerprint density at radius 3 is 2.68 bits per heavy atom. The average molecular weight is 319 g/mol. The van der Waals surface area contributed by atoms with Crippen LogP contribution >= 0.6 is 0 Å². The molecule has 0 saturated carbocycles. The van der Waals surface area contributed by atoms with Crippen LogP contribution in [0.3, 0.4) is 0 Å². The third-order valence-corrected chi connectivity index (χ3v) is 5.09. The predicted octanol–water partition coefficient (Wildman–Crippen LogP) is 1.98. The van der Waals surface area contributed by atoms with E-state index in [1.54, 1.807) is 37.4 Å². The van der Waals surface area contributed by atoms with Gasteiger partial charge in [0.1, 0.15) is 18.1 Å². The van der Waals surface area contributed by atoms with Crippen LogP contribution in [-0.4, -0.2) is 28.2 Å². The van der Waals surface area contributed by atoms with Gasteiger partial charge in [-0.05, 0) is 42.3 Å². The lowest BCUT2D eigenvalue weighted by Crippen LogP contribution is -2.42. The number of hydrogen-bond acceptors (Lipinski definition) is 4. The van der Waals surface area contributed by atoms with Crippen LogP contribution in [0, 0.1) is 0 Å². The number of benzene rings is 2. The van der Waals surface area contributed by atoms with Gasteiger partial charge in [-0.25, -0.2) is 13.1 Å². The van der Waals surface area contributed by atoms with E-state index in [4.69, 9.17) is 9.47 Å². The second-order valence-electron chi connectivity index (χ2n) is 5.12. The highest BCUT2D eigenvalue weighted by atomic mass is 32.2. The maximum absolute atomic E-state index is 12.3. The van der Waals surface area contributed by atoms with Crippen molar-refractivity contribution in [2.75, 3.05) is 13.7 Å². The van der Waals surface area contributed by atoms with E-state index in [9.17, 15) is 8.42 Å². The van der Waals surface area contributed by atoms with Gasteiger partial charge < -0.3 is 9.47 Å². The molecule has 3 rings (SSSR count). The van der Waals surface area contributed by atoms with Crippen molar-refractivity contribution in [1.29, 1.82) is 0 Å². The summed E-state index contributed by atoms with van der Waals surface area (Å²) < 4.78 is 38.2. The van der Waals surface area contributed by atoms with Crippen LogP contribution in [0.15, 0.2) is 53.4 Å². The van der Waals surface area contributed by atoms with Crippen molar-refractivity contribution in [2.45, 2.75) is 17.4 Å². The van der Waals surface area contributed by atoms with Crippen LogP contribution < -0.4 is 14.2 Å². The van der Waals surface area contributed by atoms with E-state index in [0.29, 0.717) is 13.0 Å². The lowest BCUT2D eigenvalue weighted by Gasteiger charge is -2.26. The Labute approximate surface area is 129 Å². The Kier molecular flexibility index (Phi) is 4.04. The maximum atomic E-state index is 12.3. The first kappa shape index (κ1) is 14.9. The average Bonchev–Trinajstić information content (AvgIpc) is 2.54. The van der Waals surface area contributed by atoms with Gasteiger partial charge in [0.05, 0.1) is 18.0 Å². The molecule has 0 amide bonds. The van der Waals surface area contributed by atoms with Crippen LogP contribution in [0.1, 0.15) is 5.56 Å². The Morgan fingerprint density at radius 2 is 1.95 bits per heavy atom. The molecule has 0 saturated heterocycles. The second kappa shape index (κ2) is 5.98. The largest absolute Gasteiger partial charge is 0.497 e. The summed E-state index contributed by atoms with van der Waals surface area (Å²) >= 11 is 0. The van der Waals surface area contributed by atoms with E-state index < -0.39 is 10.0 Å². The molecule has 0 radical (unpaired) electrons. The Hall–Kier alpha value is -2.05. The molecule has 2 aromatic rings. The van der Waals surface area contributed by atoms with Crippen LogP contribution in [-0.2, 0) is 16.4 Å². The molecular formula is C16H17NO4S. The number of rotatable bonds is 4. The fourth-order valence-electron chi connectivity index (χ4n) is 2.46. The second-order valence-corrected chi connectivity index (χ2v) is 6.83. The number of fused-ring (bicyclic) bond motifs is 1. The van der Waals surface area contributed by atoms with E-state index >= 15 is 0 Å². The maximum Gasteiger partial charge on any atom is 0.240 e. The molecule has 1 aliphatic heterocycles. The molecule has 22 heavy (non-hydrogen) atoms. The summed E-state index contributed by atoms with van der Waals surface area (Å²) in [6, 6.07) is 13.6. The minimum absolute atomic E-state index is 0.256. The van der Waals surface area contributed by atoms with Gasteiger partial charge in [0.25, 0.3) is 0 Å². The predicted molar refractivity (Wildman–Crippen MR) is 82.7 cm³/mol. The number of methoxy groups -OCH3 is 1. The zero-order chi connectivity index (χ0) is 15.6. The Balaban J connectivity index is 1.77. The summed E-state index contributed by atoms with van der Waals surface area (Å²) in [5, 5.41) is 0. The molecule has 0 spiro atoms. The van der Waals surface area contributed by atoms with E-state index in [1.807, 2.05) is 18.2 Å². The summed E-state index contributed by atoms with van der Waals surface area (Å²) in [4.78, 5) is 0.256. The standard InChI is InChI=1S/C16H17NO4S/c1-20-14-7-8-16-12(10-14)9-13(11-21-16)17-22(18,19)15-5-3-2-4-6-15/h2-8,10,13,17H,9,11H2,1H3/t13-/m0/s1. The number of ether oxygens (including phenoxy) is 2. The SMILES string of the molecule is COc1ccc2c(c1)C[C@H](NS(=O)(=O)c1ccccc1)CO2. The van der Waals surface area contributed by atoms with Gasteiger partial charge in [0.15, 0.2) is 0 Å². The molecule has 1 aliphatic rings. The van der Waals surface area contributed by atoms with E-state index in [2.05, 4.69) is 4.72 Å². The zero-order valence-corrected chi connectivity index (χ0v) is 13.0. The molecule has 116 valence electrons. The molecule has 1 N–H and O–H groups in total.